The third kappa shape index (κ3) is 4.08. The molecule has 9 heteroatoms. The quantitative estimate of drug-likeness (QED) is 0.398. The van der Waals surface area contributed by atoms with Gasteiger partial charge in [-0.2, -0.15) is 13.2 Å². The minimum atomic E-state index is -4.61. The van der Waals surface area contributed by atoms with E-state index in [1.54, 1.807) is 30.5 Å². The summed E-state index contributed by atoms with van der Waals surface area (Å²) in [5.74, 6) is 0. The molecule has 0 radical (unpaired) electrons. The van der Waals surface area contributed by atoms with Crippen LogP contribution in [0.15, 0.2) is 73.1 Å². The molecule has 2 heterocycles. The molecule has 0 saturated carbocycles. The number of carbonyl (C=O) groups is 1. The van der Waals surface area contributed by atoms with Crippen LogP contribution in [-0.2, 0) is 6.18 Å². The number of alkyl halides is 3. The zero-order valence-corrected chi connectivity index (χ0v) is 16.0. The number of aromatic nitrogens is 2. The van der Waals surface area contributed by atoms with Gasteiger partial charge in [0.1, 0.15) is 5.65 Å². The van der Waals surface area contributed by atoms with E-state index in [9.17, 15) is 18.0 Å². The fraction of sp³-hybridized carbons (Fsp3) is 0.0476. The van der Waals surface area contributed by atoms with Crippen LogP contribution in [0.4, 0.5) is 29.3 Å². The number of halogens is 4. The van der Waals surface area contributed by atoms with Gasteiger partial charge in [-0.15, -0.1) is 0 Å². The lowest BCUT2D eigenvalue weighted by atomic mass is 10.2. The summed E-state index contributed by atoms with van der Waals surface area (Å²) in [5, 5.41) is 5.52. The van der Waals surface area contributed by atoms with E-state index in [0.29, 0.717) is 5.69 Å². The van der Waals surface area contributed by atoms with E-state index in [0.717, 1.165) is 28.9 Å². The van der Waals surface area contributed by atoms with Crippen LogP contribution in [0, 0.1) is 0 Å². The van der Waals surface area contributed by atoms with Crippen LogP contribution >= 0.6 is 11.6 Å². The second-order valence-corrected chi connectivity index (χ2v) is 6.83. The molecule has 0 fully saturated rings. The molecule has 0 spiro atoms. The van der Waals surface area contributed by atoms with Crippen molar-refractivity contribution in [3.63, 3.8) is 0 Å². The third-order valence-electron chi connectivity index (χ3n) is 4.38. The number of fused-ring (bicyclic) bond motifs is 1. The Morgan fingerprint density at radius 3 is 2.40 bits per heavy atom. The highest BCUT2D eigenvalue weighted by molar-refractivity contribution is 6.31. The number of rotatable bonds is 3. The molecule has 30 heavy (non-hydrogen) atoms. The molecule has 2 aromatic heterocycles. The van der Waals surface area contributed by atoms with Crippen LogP contribution in [-0.4, -0.2) is 15.6 Å². The van der Waals surface area contributed by atoms with Gasteiger partial charge >= 0.3 is 12.2 Å². The fourth-order valence-corrected chi connectivity index (χ4v) is 3.22. The summed E-state index contributed by atoms with van der Waals surface area (Å²) in [6.45, 7) is 0. The zero-order chi connectivity index (χ0) is 21.3. The molecule has 5 nitrogen and oxygen atoms in total. The lowest BCUT2D eigenvalue weighted by molar-refractivity contribution is -0.137. The van der Waals surface area contributed by atoms with Crippen molar-refractivity contribution in [2.24, 2.45) is 0 Å². The number of pyridine rings is 1. The van der Waals surface area contributed by atoms with Crippen LogP contribution < -0.4 is 10.6 Å². The number of hydrogen-bond acceptors (Lipinski definition) is 2. The van der Waals surface area contributed by atoms with Crippen molar-refractivity contribution in [3.05, 3.63) is 83.6 Å². The summed E-state index contributed by atoms with van der Waals surface area (Å²) < 4.78 is 40.7. The van der Waals surface area contributed by atoms with E-state index in [2.05, 4.69) is 15.6 Å². The number of urea groups is 1. The van der Waals surface area contributed by atoms with E-state index in [4.69, 9.17) is 11.6 Å². The first kappa shape index (κ1) is 19.8. The SMILES string of the molecule is O=C(Nc1ccc(-n2ccc3cccnc32)cc1)Nc1ccc(Cl)c(C(F)(F)F)c1. The summed E-state index contributed by atoms with van der Waals surface area (Å²) in [7, 11) is 0. The van der Waals surface area contributed by atoms with Crippen molar-refractivity contribution < 1.29 is 18.0 Å². The molecule has 4 rings (SSSR count). The first-order valence-corrected chi connectivity index (χ1v) is 9.16. The lowest BCUT2D eigenvalue weighted by Gasteiger charge is -2.12. The van der Waals surface area contributed by atoms with Gasteiger partial charge in [-0.3, -0.25) is 0 Å². The molecule has 0 aliphatic heterocycles. The predicted molar refractivity (Wildman–Crippen MR) is 110 cm³/mol. The van der Waals surface area contributed by atoms with Crippen LogP contribution in [0.3, 0.4) is 0 Å². The normalized spacial score (nSPS) is 11.5. The van der Waals surface area contributed by atoms with Crippen molar-refractivity contribution in [1.29, 1.82) is 0 Å². The summed E-state index contributed by atoms with van der Waals surface area (Å²) in [6.07, 6.45) is -1.01. The van der Waals surface area contributed by atoms with Gasteiger partial charge in [-0.1, -0.05) is 11.6 Å². The molecule has 152 valence electrons. The second-order valence-electron chi connectivity index (χ2n) is 6.42. The number of benzene rings is 2. The van der Waals surface area contributed by atoms with Gasteiger partial charge in [-0.05, 0) is 60.7 Å². The van der Waals surface area contributed by atoms with E-state index < -0.39 is 22.8 Å². The monoisotopic (exact) mass is 430 g/mol. The predicted octanol–water partition coefficient (Wildman–Crippen LogP) is 6.34. The van der Waals surface area contributed by atoms with Gasteiger partial charge in [0.2, 0.25) is 0 Å². The van der Waals surface area contributed by atoms with Crippen LogP contribution in [0.5, 0.6) is 0 Å². The highest BCUT2D eigenvalue weighted by Crippen LogP contribution is 2.36. The van der Waals surface area contributed by atoms with Gasteiger partial charge in [0.25, 0.3) is 0 Å². The molecule has 4 aromatic rings. The Morgan fingerprint density at radius 2 is 1.67 bits per heavy atom. The fourth-order valence-electron chi connectivity index (χ4n) is 2.99. The molecular formula is C21H14ClF3N4O. The van der Waals surface area contributed by atoms with Crippen LogP contribution in [0.2, 0.25) is 5.02 Å². The average molecular weight is 431 g/mol. The van der Waals surface area contributed by atoms with Crippen molar-refractivity contribution >= 4 is 40.0 Å². The maximum Gasteiger partial charge on any atom is 0.417 e. The molecule has 0 atom stereocenters. The highest BCUT2D eigenvalue weighted by Gasteiger charge is 2.33. The number of amides is 2. The van der Waals surface area contributed by atoms with Gasteiger partial charge in [0, 0.05) is 34.8 Å². The maximum absolute atomic E-state index is 12.9. The Kier molecular flexibility index (Phi) is 5.09. The third-order valence-corrected chi connectivity index (χ3v) is 4.71. The van der Waals surface area contributed by atoms with Crippen LogP contribution in [0.1, 0.15) is 5.56 Å². The summed E-state index contributed by atoms with van der Waals surface area (Å²) >= 11 is 5.59. The molecule has 0 bridgehead atoms. The van der Waals surface area contributed by atoms with Gasteiger partial charge in [-0.25, -0.2) is 9.78 Å². The van der Waals surface area contributed by atoms with Crippen LogP contribution in [0.25, 0.3) is 16.7 Å². The summed E-state index contributed by atoms with van der Waals surface area (Å²) in [5.41, 5.74) is 1.09. The number of carbonyl (C=O) groups excluding carboxylic acids is 1. The topological polar surface area (TPSA) is 59.0 Å². The minimum Gasteiger partial charge on any atom is -0.308 e. The lowest BCUT2D eigenvalue weighted by Crippen LogP contribution is -2.20. The Labute approximate surface area is 174 Å². The standard InChI is InChI=1S/C21H14ClF3N4O/c22-18-8-5-15(12-17(18)21(23,24)25)28-20(30)27-14-3-6-16(7-4-14)29-11-9-13-2-1-10-26-19(13)29/h1-12H,(H2,27,28,30). The Bertz CT molecular complexity index is 1220. The smallest absolute Gasteiger partial charge is 0.308 e. The zero-order valence-electron chi connectivity index (χ0n) is 15.2. The van der Waals surface area contributed by atoms with E-state index >= 15 is 0 Å². The molecule has 0 saturated heterocycles. The molecule has 2 N–H and O–H groups in total. The van der Waals surface area contributed by atoms with Gasteiger partial charge < -0.3 is 15.2 Å². The van der Waals surface area contributed by atoms with Crippen molar-refractivity contribution in [2.45, 2.75) is 6.18 Å². The Morgan fingerprint density at radius 1 is 0.967 bits per heavy atom. The number of nitrogens with one attached hydrogen (secondary N) is 2. The molecule has 0 aliphatic carbocycles. The van der Waals surface area contributed by atoms with E-state index in [1.807, 2.05) is 29.0 Å². The molecule has 2 aromatic carbocycles. The minimum absolute atomic E-state index is 0.0225. The Balaban J connectivity index is 1.47. The van der Waals surface area contributed by atoms with Crippen molar-refractivity contribution in [1.82, 2.24) is 9.55 Å². The van der Waals surface area contributed by atoms with Gasteiger partial charge in [0.15, 0.2) is 0 Å². The average Bonchev–Trinajstić information content (AvgIpc) is 3.13. The first-order chi connectivity index (χ1) is 14.3. The number of hydrogen-bond donors (Lipinski definition) is 2. The van der Waals surface area contributed by atoms with E-state index in [-0.39, 0.29) is 5.69 Å². The van der Waals surface area contributed by atoms with Crippen molar-refractivity contribution in [2.75, 3.05) is 10.6 Å². The van der Waals surface area contributed by atoms with E-state index in [1.165, 1.54) is 6.07 Å². The second kappa shape index (κ2) is 7.72. The molecule has 0 unspecified atom stereocenters. The summed E-state index contributed by atoms with van der Waals surface area (Å²) in [6, 6.07) is 15.2. The van der Waals surface area contributed by atoms with Crippen molar-refractivity contribution in [3.8, 4) is 5.69 Å². The highest BCUT2D eigenvalue weighted by atomic mass is 35.5. The number of nitrogens with zero attached hydrogens (tertiary/aromatic N) is 2. The largest absolute Gasteiger partial charge is 0.417 e. The molecular weight excluding hydrogens is 417 g/mol. The van der Waals surface area contributed by atoms with Gasteiger partial charge in [0.05, 0.1) is 10.6 Å². The number of anilines is 2. The molecule has 0 aliphatic rings. The first-order valence-electron chi connectivity index (χ1n) is 8.78. The Hall–Kier alpha value is -3.52. The maximum atomic E-state index is 12.9. The summed E-state index contributed by atoms with van der Waals surface area (Å²) in [4.78, 5) is 16.5. The molecule has 2 amide bonds.